The summed E-state index contributed by atoms with van der Waals surface area (Å²) in [6.07, 6.45) is 0.744. The fraction of sp³-hybridized carbons (Fsp3) is 0.500. The Morgan fingerprint density at radius 1 is 1.15 bits per heavy atom. The third kappa shape index (κ3) is 4.08. The van der Waals surface area contributed by atoms with Crippen molar-refractivity contribution in [2.24, 2.45) is 0 Å². The summed E-state index contributed by atoms with van der Waals surface area (Å²) in [7, 11) is -3.54. The summed E-state index contributed by atoms with van der Waals surface area (Å²) in [6, 6.07) is 9.63. The minimum Gasteiger partial charge on any atom is -0.494 e. The Hall–Kier alpha value is -1.90. The van der Waals surface area contributed by atoms with Gasteiger partial charge in [0.05, 0.1) is 31.2 Å². The van der Waals surface area contributed by atoms with Gasteiger partial charge in [-0.25, -0.2) is 8.42 Å². The number of morpholine rings is 1. The minimum absolute atomic E-state index is 0.323. The van der Waals surface area contributed by atoms with E-state index in [1.54, 1.807) is 11.6 Å². The minimum atomic E-state index is -3.54. The molecule has 0 N–H and O–H groups in total. The van der Waals surface area contributed by atoms with Gasteiger partial charge in [0.2, 0.25) is 10.0 Å². The Kier molecular flexibility index (Phi) is 5.95. The van der Waals surface area contributed by atoms with Crippen molar-refractivity contribution in [3.05, 3.63) is 41.7 Å². The first-order valence-corrected chi connectivity index (χ1v) is 10.2. The van der Waals surface area contributed by atoms with Crippen LogP contribution in [0.3, 0.4) is 0 Å². The van der Waals surface area contributed by atoms with Crippen molar-refractivity contribution in [2.45, 2.75) is 31.7 Å². The lowest BCUT2D eigenvalue weighted by Crippen LogP contribution is -2.41. The molecule has 1 fully saturated rings. The Bertz CT molecular complexity index is 828. The Labute approximate surface area is 154 Å². The number of sulfonamides is 1. The van der Waals surface area contributed by atoms with Gasteiger partial charge < -0.3 is 9.47 Å². The summed E-state index contributed by atoms with van der Waals surface area (Å²) < 4.78 is 40.1. The van der Waals surface area contributed by atoms with Gasteiger partial charge in [0.15, 0.2) is 0 Å². The van der Waals surface area contributed by atoms with Gasteiger partial charge >= 0.3 is 0 Å². The first-order valence-electron chi connectivity index (χ1n) is 8.80. The summed E-state index contributed by atoms with van der Waals surface area (Å²) in [5.74, 6) is 0.830. The van der Waals surface area contributed by atoms with Crippen LogP contribution in [0, 0.1) is 13.8 Å². The van der Waals surface area contributed by atoms with E-state index >= 15 is 0 Å². The average Bonchev–Trinajstić information content (AvgIpc) is 2.94. The van der Waals surface area contributed by atoms with Crippen molar-refractivity contribution in [3.63, 3.8) is 0 Å². The molecular formula is C18H25N3O4S. The molecule has 1 saturated heterocycles. The number of nitrogens with zero attached hydrogens (tertiary/aromatic N) is 3. The largest absolute Gasteiger partial charge is 0.494 e. The number of rotatable bonds is 7. The van der Waals surface area contributed by atoms with E-state index in [1.807, 2.05) is 37.3 Å². The number of aromatic nitrogens is 2. The van der Waals surface area contributed by atoms with Crippen LogP contribution in [-0.2, 0) is 21.3 Å². The standard InChI is InChI=1S/C18H25N3O4S/c1-15-18(26(22,23)20-10-13-24-14-11-20)16(2)21(19-15)9-6-12-25-17-7-4-3-5-8-17/h3-5,7-8H,6,9-14H2,1-2H3. The lowest BCUT2D eigenvalue weighted by molar-refractivity contribution is 0.0730. The second kappa shape index (κ2) is 8.20. The molecular weight excluding hydrogens is 354 g/mol. The van der Waals surface area contributed by atoms with E-state index in [0.717, 1.165) is 12.2 Å². The lowest BCUT2D eigenvalue weighted by atomic mass is 10.3. The van der Waals surface area contributed by atoms with E-state index in [2.05, 4.69) is 5.10 Å². The van der Waals surface area contributed by atoms with Crippen LogP contribution in [0.2, 0.25) is 0 Å². The number of para-hydroxylation sites is 1. The zero-order valence-corrected chi connectivity index (χ0v) is 16.0. The molecule has 3 rings (SSSR count). The molecule has 0 saturated carbocycles. The number of hydrogen-bond acceptors (Lipinski definition) is 5. The zero-order valence-electron chi connectivity index (χ0n) is 15.2. The van der Waals surface area contributed by atoms with Crippen molar-refractivity contribution in [1.29, 1.82) is 0 Å². The second-order valence-corrected chi connectivity index (χ2v) is 8.13. The van der Waals surface area contributed by atoms with Crippen molar-refractivity contribution < 1.29 is 17.9 Å². The van der Waals surface area contributed by atoms with E-state index in [4.69, 9.17) is 9.47 Å². The maximum atomic E-state index is 12.9. The number of aryl methyl sites for hydroxylation is 2. The number of hydrogen-bond donors (Lipinski definition) is 0. The molecule has 0 spiro atoms. The predicted octanol–water partition coefficient (Wildman–Crippen LogP) is 1.99. The van der Waals surface area contributed by atoms with Crippen LogP contribution in [0.5, 0.6) is 5.75 Å². The molecule has 1 aliphatic heterocycles. The van der Waals surface area contributed by atoms with Gasteiger partial charge in [0, 0.05) is 26.1 Å². The smallest absolute Gasteiger partial charge is 0.246 e. The predicted molar refractivity (Wildman–Crippen MR) is 97.8 cm³/mol. The second-order valence-electron chi connectivity index (χ2n) is 6.25. The summed E-state index contributed by atoms with van der Waals surface area (Å²) in [5, 5.41) is 4.44. The SMILES string of the molecule is Cc1nn(CCCOc2ccccc2)c(C)c1S(=O)(=O)N1CCOCC1. The Morgan fingerprint density at radius 3 is 2.54 bits per heavy atom. The van der Waals surface area contributed by atoms with E-state index in [-0.39, 0.29) is 0 Å². The van der Waals surface area contributed by atoms with E-state index < -0.39 is 10.0 Å². The maximum Gasteiger partial charge on any atom is 0.246 e. The van der Waals surface area contributed by atoms with Crippen molar-refractivity contribution in [2.75, 3.05) is 32.9 Å². The molecule has 26 heavy (non-hydrogen) atoms. The van der Waals surface area contributed by atoms with Gasteiger partial charge in [-0.15, -0.1) is 0 Å². The molecule has 0 radical (unpaired) electrons. The number of benzene rings is 1. The van der Waals surface area contributed by atoms with Gasteiger partial charge in [-0.1, -0.05) is 18.2 Å². The summed E-state index contributed by atoms with van der Waals surface area (Å²) in [5.41, 5.74) is 1.21. The highest BCUT2D eigenvalue weighted by atomic mass is 32.2. The first-order chi connectivity index (χ1) is 12.5. The van der Waals surface area contributed by atoms with E-state index in [0.29, 0.717) is 55.7 Å². The molecule has 1 aromatic heterocycles. The highest BCUT2D eigenvalue weighted by Gasteiger charge is 2.31. The van der Waals surface area contributed by atoms with Gasteiger partial charge in [0.25, 0.3) is 0 Å². The average molecular weight is 379 g/mol. The van der Waals surface area contributed by atoms with Gasteiger partial charge in [-0.05, 0) is 26.0 Å². The molecule has 0 aliphatic carbocycles. The Morgan fingerprint density at radius 2 is 1.85 bits per heavy atom. The maximum absolute atomic E-state index is 12.9. The van der Waals surface area contributed by atoms with Crippen molar-refractivity contribution in [1.82, 2.24) is 14.1 Å². The fourth-order valence-corrected chi connectivity index (χ4v) is 4.89. The third-order valence-corrected chi connectivity index (χ3v) is 6.56. The monoisotopic (exact) mass is 379 g/mol. The molecule has 2 heterocycles. The van der Waals surface area contributed by atoms with Gasteiger partial charge in [-0.2, -0.15) is 9.40 Å². The highest BCUT2D eigenvalue weighted by molar-refractivity contribution is 7.89. The fourth-order valence-electron chi connectivity index (χ4n) is 3.11. The summed E-state index contributed by atoms with van der Waals surface area (Å²) in [6.45, 7) is 6.36. The third-order valence-electron chi connectivity index (χ3n) is 4.41. The highest BCUT2D eigenvalue weighted by Crippen LogP contribution is 2.24. The van der Waals surface area contributed by atoms with Crippen molar-refractivity contribution >= 4 is 10.0 Å². The molecule has 142 valence electrons. The zero-order chi connectivity index (χ0) is 18.6. The number of ether oxygens (including phenoxy) is 2. The molecule has 2 aromatic rings. The van der Waals surface area contributed by atoms with Gasteiger partial charge in [0.1, 0.15) is 10.6 Å². The van der Waals surface area contributed by atoms with E-state index in [1.165, 1.54) is 4.31 Å². The molecule has 7 nitrogen and oxygen atoms in total. The first kappa shape index (κ1) is 18.9. The van der Waals surface area contributed by atoms with Crippen LogP contribution in [0.4, 0.5) is 0 Å². The van der Waals surface area contributed by atoms with Gasteiger partial charge in [-0.3, -0.25) is 4.68 Å². The summed E-state index contributed by atoms with van der Waals surface area (Å²) >= 11 is 0. The molecule has 1 aliphatic rings. The molecule has 0 bridgehead atoms. The lowest BCUT2D eigenvalue weighted by Gasteiger charge is -2.26. The molecule has 1 aromatic carbocycles. The normalized spacial score (nSPS) is 15.9. The molecule has 0 atom stereocenters. The van der Waals surface area contributed by atoms with Crippen LogP contribution in [0.25, 0.3) is 0 Å². The quantitative estimate of drug-likeness (QED) is 0.688. The van der Waals surface area contributed by atoms with E-state index in [9.17, 15) is 8.42 Å². The summed E-state index contributed by atoms with van der Waals surface area (Å²) in [4.78, 5) is 0.323. The van der Waals surface area contributed by atoms with Crippen LogP contribution in [0.15, 0.2) is 35.2 Å². The molecule has 0 unspecified atom stereocenters. The molecule has 8 heteroatoms. The van der Waals surface area contributed by atoms with Crippen molar-refractivity contribution in [3.8, 4) is 5.75 Å². The topological polar surface area (TPSA) is 73.7 Å². The Balaban J connectivity index is 1.65. The van der Waals surface area contributed by atoms with Crippen LogP contribution < -0.4 is 4.74 Å². The van der Waals surface area contributed by atoms with Crippen LogP contribution in [-0.4, -0.2) is 55.4 Å². The van der Waals surface area contributed by atoms with Crippen LogP contribution in [0.1, 0.15) is 17.8 Å². The van der Waals surface area contributed by atoms with Crippen LogP contribution >= 0.6 is 0 Å². The molecule has 0 amide bonds.